The van der Waals surface area contributed by atoms with E-state index in [4.69, 9.17) is 4.52 Å². The zero-order chi connectivity index (χ0) is 26.0. The molecular weight excluding hydrogens is 526 g/mol. The Kier molecular flexibility index (Phi) is 4.44. The monoisotopic (exact) mass is 568 g/mol. The van der Waals surface area contributed by atoms with Gasteiger partial charge in [0.1, 0.15) is 13.9 Å². The first-order chi connectivity index (χ1) is 19.6. The number of rotatable bonds is 2. The Bertz CT molecular complexity index is 1320. The topological polar surface area (TPSA) is 26.3 Å². The van der Waals surface area contributed by atoms with E-state index >= 15 is 0 Å². The Balaban J connectivity index is 1.15. The molecule has 0 amide bonds. The van der Waals surface area contributed by atoms with Gasteiger partial charge in [-0.1, -0.05) is 50.0 Å². The first kappa shape index (κ1) is 23.5. The lowest BCUT2D eigenvalue weighted by atomic mass is 9.47. The molecule has 0 spiro atoms. The Morgan fingerprint density at radius 3 is 1.93 bits per heavy atom. The van der Waals surface area contributed by atoms with E-state index in [1.165, 1.54) is 82.8 Å². The van der Waals surface area contributed by atoms with Crippen LogP contribution in [-0.2, 0) is 9.32 Å². The summed E-state index contributed by atoms with van der Waals surface area (Å²) in [5.41, 5.74) is 4.79. The van der Waals surface area contributed by atoms with Crippen molar-refractivity contribution in [3.63, 3.8) is 0 Å². The number of allylic oxidation sites excluding steroid dienone is 9. The van der Waals surface area contributed by atoms with E-state index in [2.05, 4.69) is 42.5 Å². The Labute approximate surface area is 241 Å². The summed E-state index contributed by atoms with van der Waals surface area (Å²) in [5.74, 6) is 7.32. The van der Waals surface area contributed by atoms with Gasteiger partial charge in [-0.15, -0.1) is 0 Å². The van der Waals surface area contributed by atoms with Crippen molar-refractivity contribution in [1.29, 1.82) is 0 Å². The lowest BCUT2D eigenvalue weighted by molar-refractivity contribution is -0.117. The molecule has 14 aliphatic rings. The van der Waals surface area contributed by atoms with Crippen LogP contribution in [0.2, 0.25) is 0 Å². The van der Waals surface area contributed by atoms with Crippen LogP contribution >= 0.6 is 16.1 Å². The van der Waals surface area contributed by atoms with Crippen LogP contribution in [0.3, 0.4) is 0 Å². The molecule has 9 fully saturated rings. The van der Waals surface area contributed by atoms with Gasteiger partial charge >= 0.3 is 0 Å². The van der Waals surface area contributed by atoms with E-state index in [9.17, 15) is 4.79 Å². The van der Waals surface area contributed by atoms with Crippen LogP contribution in [0, 0.1) is 46.3 Å². The fraction of sp³-hybridized carbons (Fsp3) is 0.694. The van der Waals surface area contributed by atoms with Crippen molar-refractivity contribution in [1.82, 2.24) is 0 Å². The Morgan fingerprint density at radius 1 is 0.700 bits per heavy atom. The van der Waals surface area contributed by atoms with Gasteiger partial charge in [0.25, 0.3) is 0 Å². The summed E-state index contributed by atoms with van der Waals surface area (Å²) in [4.78, 5) is 14.7. The van der Waals surface area contributed by atoms with Crippen molar-refractivity contribution in [2.45, 2.75) is 105 Å². The average Bonchev–Trinajstić information content (AvgIpc) is 3.30. The van der Waals surface area contributed by atoms with Gasteiger partial charge in [0.05, 0.1) is 16.2 Å². The maximum absolute atomic E-state index is 14.6. The molecule has 8 saturated carbocycles. The molecule has 0 aromatic carbocycles. The molecule has 0 radical (unpaired) electrons. The molecule has 208 valence electrons. The summed E-state index contributed by atoms with van der Waals surface area (Å²) in [6.07, 6.45) is 35.9. The Morgan fingerprint density at radius 2 is 1.27 bits per heavy atom. The van der Waals surface area contributed by atoms with Crippen LogP contribution in [0.15, 0.2) is 59.4 Å². The van der Waals surface area contributed by atoms with E-state index < -0.39 is 16.1 Å². The summed E-state index contributed by atoms with van der Waals surface area (Å²) >= 11 is 0. The molecule has 2 nitrogen and oxygen atoms in total. The van der Waals surface area contributed by atoms with E-state index in [1.807, 2.05) is 0 Å². The molecule has 12 bridgehead atoms. The molecule has 0 aromatic rings. The van der Waals surface area contributed by atoms with E-state index in [-0.39, 0.29) is 16.2 Å². The molecule has 40 heavy (non-hydrogen) atoms. The summed E-state index contributed by atoms with van der Waals surface area (Å²) in [6.45, 7) is 0. The fourth-order valence-electron chi connectivity index (χ4n) is 14.2. The van der Waals surface area contributed by atoms with Crippen LogP contribution in [0.1, 0.15) is 83.5 Å². The summed E-state index contributed by atoms with van der Waals surface area (Å²) in [7, 11) is -1.48. The van der Waals surface area contributed by atoms with E-state index in [0.717, 1.165) is 41.9 Å². The zero-order valence-corrected chi connectivity index (χ0v) is 25.4. The molecule has 0 aromatic heterocycles. The fourth-order valence-corrected chi connectivity index (χ4v) is 23.5. The van der Waals surface area contributed by atoms with Gasteiger partial charge in [-0.25, -0.2) is 0 Å². The minimum Gasteiger partial charge on any atom is -0.471 e. The van der Waals surface area contributed by atoms with Crippen molar-refractivity contribution in [3.8, 4) is 0 Å². The van der Waals surface area contributed by atoms with Crippen LogP contribution in [-0.4, -0.2) is 27.7 Å². The quantitative estimate of drug-likeness (QED) is 0.245. The largest absolute Gasteiger partial charge is 0.471 e. The number of carbonyl (C=O) groups excluding carboxylic acids is 1. The molecule has 6 atom stereocenters. The van der Waals surface area contributed by atoms with Crippen LogP contribution in [0.4, 0.5) is 0 Å². The first-order valence-corrected chi connectivity index (χ1v) is 19.6. The van der Waals surface area contributed by atoms with Gasteiger partial charge < -0.3 is 4.52 Å². The maximum atomic E-state index is 14.6. The molecule has 9 aliphatic carbocycles. The number of carbonyl (C=O) groups is 1. The number of ketones is 1. The van der Waals surface area contributed by atoms with Crippen LogP contribution in [0.5, 0.6) is 0 Å². The van der Waals surface area contributed by atoms with Gasteiger partial charge in [-0.3, -0.25) is 4.79 Å². The molecule has 4 heteroatoms. The third kappa shape index (κ3) is 2.64. The highest BCUT2D eigenvalue weighted by Gasteiger charge is 2.77. The lowest BCUT2D eigenvalue weighted by Gasteiger charge is -2.67. The first-order valence-electron chi connectivity index (χ1n) is 16.8. The normalized spacial score (nSPS) is 58.8. The van der Waals surface area contributed by atoms with Crippen molar-refractivity contribution in [2.24, 2.45) is 46.3 Å². The van der Waals surface area contributed by atoms with Gasteiger partial charge in [0.15, 0.2) is 5.78 Å². The van der Waals surface area contributed by atoms with Gasteiger partial charge in [-0.2, -0.15) is 0 Å². The summed E-state index contributed by atoms with van der Waals surface area (Å²) < 4.78 is 7.35. The lowest BCUT2D eigenvalue weighted by Crippen LogP contribution is -2.60. The molecule has 3 unspecified atom stereocenters. The second-order valence-corrected chi connectivity index (χ2v) is 21.5. The predicted octanol–water partition coefficient (Wildman–Crippen LogP) is 8.99. The SMILES string of the molecule is O=C1[C@H]2C=CC3C(C45CC6CC(CC(C6)C4)C5)=C[C@@H]1P1OC4=C(C=CCC=C4)[C@@]1(C14CC5CC(CC(C5)C1)C4)P32. The van der Waals surface area contributed by atoms with E-state index in [1.54, 1.807) is 11.1 Å². The predicted molar refractivity (Wildman–Crippen MR) is 162 cm³/mol. The number of Topliss-reactive ketones (excluding diaryl/α,β-unsaturated/α-hetero) is 1. The molecule has 5 aliphatic heterocycles. The summed E-state index contributed by atoms with van der Waals surface area (Å²) in [5, 5.41) is 0. The second kappa shape index (κ2) is 7.56. The minimum atomic E-state index is -0.902. The van der Waals surface area contributed by atoms with Crippen molar-refractivity contribution >= 4 is 21.9 Å². The van der Waals surface area contributed by atoms with Crippen LogP contribution in [0.25, 0.3) is 0 Å². The molecular formula is C36H42O2P2. The van der Waals surface area contributed by atoms with Gasteiger partial charge in [0.2, 0.25) is 0 Å². The van der Waals surface area contributed by atoms with Crippen molar-refractivity contribution in [2.75, 3.05) is 0 Å². The molecule has 14 rings (SSSR count). The van der Waals surface area contributed by atoms with Crippen molar-refractivity contribution < 1.29 is 9.32 Å². The van der Waals surface area contributed by atoms with Gasteiger partial charge in [0, 0.05) is 11.2 Å². The standard InChI is InChI=1S/C36H42O2P2/c37-33-31-7-6-30-28(34-15-21-8-22(16-34)10-23(9-21)17-34)14-32(33)40-36(39(30)31,27-4-2-1-3-5-29(27)38-40)35-18-24-11-25(19-35)13-26(12-24)20-35/h2-7,14,21-26,30-32H,1,8-13,15-20H2/t21?,22?,23?,24?,25?,26?,30?,31-,32+,34?,35?,36-,39?,40?/m1/s1. The molecule has 5 heterocycles. The average molecular weight is 569 g/mol. The zero-order valence-electron chi connectivity index (χ0n) is 23.6. The smallest absolute Gasteiger partial charge is 0.158 e. The number of hydrogen-bond donors (Lipinski definition) is 0. The molecule has 0 N–H and O–H groups in total. The van der Waals surface area contributed by atoms with Crippen molar-refractivity contribution in [3.05, 3.63) is 59.4 Å². The molecule has 1 saturated heterocycles. The summed E-state index contributed by atoms with van der Waals surface area (Å²) in [6, 6.07) is 0. The number of hydrogen-bond acceptors (Lipinski definition) is 2. The van der Waals surface area contributed by atoms with E-state index in [0.29, 0.717) is 22.3 Å². The highest BCUT2D eigenvalue weighted by Crippen LogP contribution is 2.93. The third-order valence-electron chi connectivity index (χ3n) is 14.4. The Hall–Kier alpha value is -0.970. The maximum Gasteiger partial charge on any atom is 0.158 e. The minimum absolute atomic E-state index is 0.0124. The highest BCUT2D eigenvalue weighted by atomic mass is 31.2. The highest BCUT2D eigenvalue weighted by molar-refractivity contribution is 7.80. The third-order valence-corrected chi connectivity index (χ3v) is 21.8. The van der Waals surface area contributed by atoms with Crippen LogP contribution < -0.4 is 0 Å². The van der Waals surface area contributed by atoms with Gasteiger partial charge in [-0.05, 0) is 136 Å². The second-order valence-electron chi connectivity index (χ2n) is 16.5.